The number of ether oxygens (including phenoxy) is 1. The SMILES string of the molecule is CCOC(=O)C1=CN=C(c2ccc(C(C)=O)cn2)C1. The van der Waals surface area contributed by atoms with Crippen molar-refractivity contribution < 1.29 is 14.3 Å². The van der Waals surface area contributed by atoms with Gasteiger partial charge in [-0.2, -0.15) is 0 Å². The van der Waals surface area contributed by atoms with Crippen LogP contribution in [0.3, 0.4) is 0 Å². The number of hydrogen-bond donors (Lipinski definition) is 0. The Morgan fingerprint density at radius 1 is 1.37 bits per heavy atom. The van der Waals surface area contributed by atoms with Gasteiger partial charge in [0.15, 0.2) is 5.78 Å². The number of ketones is 1. The average Bonchev–Trinajstić information content (AvgIpc) is 2.89. The molecule has 19 heavy (non-hydrogen) atoms. The van der Waals surface area contributed by atoms with E-state index in [1.807, 2.05) is 0 Å². The van der Waals surface area contributed by atoms with Crippen molar-refractivity contribution in [2.75, 3.05) is 6.61 Å². The topological polar surface area (TPSA) is 68.6 Å². The second-order valence-corrected chi connectivity index (χ2v) is 4.12. The molecule has 1 aliphatic rings. The van der Waals surface area contributed by atoms with Gasteiger partial charge in [-0.25, -0.2) is 4.79 Å². The van der Waals surface area contributed by atoms with Gasteiger partial charge in [0.2, 0.25) is 0 Å². The normalized spacial score (nSPS) is 13.8. The van der Waals surface area contributed by atoms with Crippen LogP contribution in [0.25, 0.3) is 0 Å². The highest BCUT2D eigenvalue weighted by atomic mass is 16.5. The largest absolute Gasteiger partial charge is 0.463 e. The van der Waals surface area contributed by atoms with Crippen molar-refractivity contribution in [3.63, 3.8) is 0 Å². The maximum absolute atomic E-state index is 11.5. The van der Waals surface area contributed by atoms with E-state index >= 15 is 0 Å². The van der Waals surface area contributed by atoms with Gasteiger partial charge in [0.05, 0.1) is 23.6 Å². The van der Waals surface area contributed by atoms with Crippen molar-refractivity contribution in [3.8, 4) is 0 Å². The van der Waals surface area contributed by atoms with Crippen LogP contribution >= 0.6 is 0 Å². The summed E-state index contributed by atoms with van der Waals surface area (Å²) in [5.74, 6) is -0.376. The highest BCUT2D eigenvalue weighted by molar-refractivity contribution is 6.08. The van der Waals surface area contributed by atoms with E-state index in [0.29, 0.717) is 35.6 Å². The summed E-state index contributed by atoms with van der Waals surface area (Å²) in [4.78, 5) is 31.0. The number of Topliss-reactive ketones (excluding diaryl/α,β-unsaturated/α-hetero) is 1. The van der Waals surface area contributed by atoms with Crippen LogP contribution in [0.5, 0.6) is 0 Å². The summed E-state index contributed by atoms with van der Waals surface area (Å²) in [6, 6.07) is 3.44. The van der Waals surface area contributed by atoms with Gasteiger partial charge >= 0.3 is 5.97 Å². The fourth-order valence-corrected chi connectivity index (χ4v) is 1.71. The molecular formula is C14H14N2O3. The minimum atomic E-state index is -0.346. The molecule has 1 aliphatic heterocycles. The van der Waals surface area contributed by atoms with Crippen molar-refractivity contribution in [1.82, 2.24) is 4.98 Å². The van der Waals surface area contributed by atoms with Gasteiger partial charge in [0.25, 0.3) is 0 Å². The molecule has 0 radical (unpaired) electrons. The number of nitrogens with zero attached hydrogens (tertiary/aromatic N) is 2. The van der Waals surface area contributed by atoms with E-state index in [4.69, 9.17) is 4.74 Å². The first kappa shape index (κ1) is 13.1. The van der Waals surface area contributed by atoms with E-state index in [-0.39, 0.29) is 11.8 Å². The van der Waals surface area contributed by atoms with Crippen molar-refractivity contribution in [1.29, 1.82) is 0 Å². The van der Waals surface area contributed by atoms with E-state index < -0.39 is 0 Å². The summed E-state index contributed by atoms with van der Waals surface area (Å²) in [5.41, 5.74) is 2.45. The van der Waals surface area contributed by atoms with Crippen molar-refractivity contribution >= 4 is 17.5 Å². The zero-order valence-corrected chi connectivity index (χ0v) is 10.8. The van der Waals surface area contributed by atoms with Crippen LogP contribution in [0.4, 0.5) is 0 Å². The Hall–Kier alpha value is -2.30. The Bertz CT molecular complexity index is 571. The Morgan fingerprint density at radius 3 is 2.74 bits per heavy atom. The number of pyridine rings is 1. The monoisotopic (exact) mass is 258 g/mol. The number of esters is 1. The molecule has 1 aromatic heterocycles. The van der Waals surface area contributed by atoms with E-state index in [1.54, 1.807) is 19.1 Å². The third-order valence-corrected chi connectivity index (χ3v) is 2.74. The smallest absolute Gasteiger partial charge is 0.335 e. The highest BCUT2D eigenvalue weighted by Gasteiger charge is 2.20. The molecule has 0 spiro atoms. The molecule has 5 heteroatoms. The lowest BCUT2D eigenvalue weighted by Crippen LogP contribution is -2.10. The Labute approximate surface area is 111 Å². The molecule has 2 heterocycles. The Balaban J connectivity index is 2.06. The van der Waals surface area contributed by atoms with E-state index in [1.165, 1.54) is 19.3 Å². The number of hydrogen-bond acceptors (Lipinski definition) is 5. The van der Waals surface area contributed by atoms with Crippen molar-refractivity contribution in [2.45, 2.75) is 20.3 Å². The van der Waals surface area contributed by atoms with Gasteiger partial charge in [-0.1, -0.05) is 0 Å². The lowest BCUT2D eigenvalue weighted by molar-refractivity contribution is -0.138. The molecule has 0 amide bonds. The first-order valence-electron chi connectivity index (χ1n) is 6.02. The van der Waals surface area contributed by atoms with Crippen LogP contribution in [-0.4, -0.2) is 29.1 Å². The standard InChI is InChI=1S/C14H14N2O3/c1-3-19-14(18)11-6-13(16-8-11)12-5-4-10(7-15-12)9(2)17/h4-5,7-8H,3,6H2,1-2H3. The third kappa shape index (κ3) is 2.93. The van der Waals surface area contributed by atoms with Crippen LogP contribution in [0.1, 0.15) is 36.3 Å². The molecule has 0 saturated heterocycles. The van der Waals surface area contributed by atoms with Gasteiger partial charge in [-0.05, 0) is 26.0 Å². The first-order valence-corrected chi connectivity index (χ1v) is 6.02. The molecule has 0 unspecified atom stereocenters. The zero-order chi connectivity index (χ0) is 13.8. The minimum absolute atomic E-state index is 0.0299. The van der Waals surface area contributed by atoms with Crippen LogP contribution in [-0.2, 0) is 9.53 Å². The van der Waals surface area contributed by atoms with E-state index in [2.05, 4.69) is 9.98 Å². The third-order valence-electron chi connectivity index (χ3n) is 2.74. The predicted molar refractivity (Wildman–Crippen MR) is 70.1 cm³/mol. The maximum atomic E-state index is 11.5. The summed E-state index contributed by atoms with van der Waals surface area (Å²) >= 11 is 0. The summed E-state index contributed by atoms with van der Waals surface area (Å²) in [7, 11) is 0. The predicted octanol–water partition coefficient (Wildman–Crippen LogP) is 1.92. The summed E-state index contributed by atoms with van der Waals surface area (Å²) in [5, 5.41) is 0. The summed E-state index contributed by atoms with van der Waals surface area (Å²) in [6.07, 6.45) is 3.43. The van der Waals surface area contributed by atoms with Gasteiger partial charge < -0.3 is 4.74 Å². The molecule has 98 valence electrons. The fourth-order valence-electron chi connectivity index (χ4n) is 1.71. The van der Waals surface area contributed by atoms with Crippen LogP contribution in [0, 0.1) is 0 Å². The lowest BCUT2D eigenvalue weighted by atomic mass is 10.1. The molecule has 1 aromatic rings. The first-order chi connectivity index (χ1) is 9.11. The second-order valence-electron chi connectivity index (χ2n) is 4.12. The van der Waals surface area contributed by atoms with E-state index in [9.17, 15) is 9.59 Å². The summed E-state index contributed by atoms with van der Waals surface area (Å²) < 4.78 is 4.91. The summed E-state index contributed by atoms with van der Waals surface area (Å²) in [6.45, 7) is 3.60. The number of aliphatic imine (C=N–C) groups is 1. The molecule has 0 atom stereocenters. The quantitative estimate of drug-likeness (QED) is 0.611. The van der Waals surface area contributed by atoms with Gasteiger partial charge in [-0.15, -0.1) is 0 Å². The van der Waals surface area contributed by atoms with Gasteiger partial charge in [-0.3, -0.25) is 14.8 Å². The second kappa shape index (κ2) is 5.56. The molecule has 0 saturated carbocycles. The molecule has 0 N–H and O–H groups in total. The van der Waals surface area contributed by atoms with Crippen LogP contribution in [0.2, 0.25) is 0 Å². The zero-order valence-electron chi connectivity index (χ0n) is 10.8. The number of rotatable bonds is 4. The molecule has 0 aliphatic carbocycles. The van der Waals surface area contributed by atoms with E-state index in [0.717, 1.165) is 0 Å². The molecule has 0 fully saturated rings. The highest BCUT2D eigenvalue weighted by Crippen LogP contribution is 2.17. The molecule has 0 aromatic carbocycles. The lowest BCUT2D eigenvalue weighted by Gasteiger charge is -2.03. The van der Waals surface area contributed by atoms with Gasteiger partial charge in [0.1, 0.15) is 0 Å². The average molecular weight is 258 g/mol. The molecule has 2 rings (SSSR count). The number of carbonyl (C=O) groups excluding carboxylic acids is 2. The molecular weight excluding hydrogens is 244 g/mol. The van der Waals surface area contributed by atoms with Crippen LogP contribution < -0.4 is 0 Å². The fraction of sp³-hybridized carbons (Fsp3) is 0.286. The van der Waals surface area contributed by atoms with Crippen molar-refractivity contribution in [3.05, 3.63) is 41.4 Å². The molecule has 0 bridgehead atoms. The maximum Gasteiger partial charge on any atom is 0.335 e. The van der Waals surface area contributed by atoms with Gasteiger partial charge in [0, 0.05) is 24.4 Å². The minimum Gasteiger partial charge on any atom is -0.463 e. The van der Waals surface area contributed by atoms with Crippen LogP contribution in [0.15, 0.2) is 35.1 Å². The Morgan fingerprint density at radius 2 is 2.16 bits per heavy atom. The molecule has 5 nitrogen and oxygen atoms in total. The Kier molecular flexibility index (Phi) is 3.85. The van der Waals surface area contributed by atoms with Crippen molar-refractivity contribution in [2.24, 2.45) is 4.99 Å². The number of aromatic nitrogens is 1. The number of carbonyl (C=O) groups is 2.